The number of hydrogen-bond donors (Lipinski definition) is 2. The summed E-state index contributed by atoms with van der Waals surface area (Å²) in [5, 5.41) is 5.09. The van der Waals surface area contributed by atoms with E-state index in [1.165, 1.54) is 12.1 Å². The summed E-state index contributed by atoms with van der Waals surface area (Å²) in [5.41, 5.74) is 1.57. The number of benzene rings is 1. The molecular weight excluding hydrogens is 285 g/mol. The van der Waals surface area contributed by atoms with Crippen molar-refractivity contribution < 1.29 is 14.0 Å². The van der Waals surface area contributed by atoms with Gasteiger partial charge in [-0.3, -0.25) is 14.6 Å². The van der Waals surface area contributed by atoms with Gasteiger partial charge in [-0.2, -0.15) is 0 Å². The maximum atomic E-state index is 12.8. The van der Waals surface area contributed by atoms with E-state index < -0.39 is 11.8 Å². The van der Waals surface area contributed by atoms with E-state index in [1.54, 1.807) is 43.6 Å². The Balaban J connectivity index is 1.85. The molecule has 0 bridgehead atoms. The summed E-state index contributed by atoms with van der Waals surface area (Å²) in [6, 6.07) is 8.85. The van der Waals surface area contributed by atoms with Crippen molar-refractivity contribution in [1.82, 2.24) is 15.6 Å². The normalized spacial score (nSPS) is 11.5. The summed E-state index contributed by atoms with van der Waals surface area (Å²) >= 11 is 0. The fourth-order valence-corrected chi connectivity index (χ4v) is 1.86. The third kappa shape index (κ3) is 4.37. The van der Waals surface area contributed by atoms with Gasteiger partial charge in [0.15, 0.2) is 0 Å². The first-order chi connectivity index (χ1) is 10.6. The molecule has 0 radical (unpaired) electrons. The number of carbonyl (C=O) groups is 2. The minimum Gasteiger partial charge on any atom is -0.344 e. The number of hydrogen-bond acceptors (Lipinski definition) is 3. The Morgan fingerprint density at radius 1 is 1.09 bits per heavy atom. The average molecular weight is 301 g/mol. The summed E-state index contributed by atoms with van der Waals surface area (Å²) in [7, 11) is 0. The lowest BCUT2D eigenvalue weighted by Crippen LogP contribution is -2.40. The second kappa shape index (κ2) is 7.31. The zero-order valence-electron chi connectivity index (χ0n) is 12.0. The molecule has 0 aliphatic rings. The average Bonchev–Trinajstić information content (AvgIpc) is 2.54. The van der Waals surface area contributed by atoms with Crippen LogP contribution in [0.3, 0.4) is 0 Å². The molecule has 1 aromatic carbocycles. The minimum absolute atomic E-state index is 0.250. The molecule has 5 nitrogen and oxygen atoms in total. The minimum atomic E-state index is -0.731. The molecule has 1 heterocycles. The maximum Gasteiger partial charge on any atom is 0.309 e. The fourth-order valence-electron chi connectivity index (χ4n) is 1.86. The van der Waals surface area contributed by atoms with Crippen LogP contribution in [-0.2, 0) is 16.1 Å². The predicted octanol–water partition coefficient (Wildman–Crippen LogP) is 1.71. The quantitative estimate of drug-likeness (QED) is 0.845. The van der Waals surface area contributed by atoms with Gasteiger partial charge in [-0.05, 0) is 42.3 Å². The Bertz CT molecular complexity index is 644. The molecule has 1 atom stereocenters. The van der Waals surface area contributed by atoms with Crippen LogP contribution >= 0.6 is 0 Å². The van der Waals surface area contributed by atoms with Gasteiger partial charge in [0.25, 0.3) is 0 Å². The predicted molar refractivity (Wildman–Crippen MR) is 79.0 cm³/mol. The van der Waals surface area contributed by atoms with Gasteiger partial charge in [0, 0.05) is 18.9 Å². The van der Waals surface area contributed by atoms with Crippen LogP contribution in [0.2, 0.25) is 0 Å². The molecular formula is C16H16FN3O2. The summed E-state index contributed by atoms with van der Waals surface area (Å²) < 4.78 is 12.8. The summed E-state index contributed by atoms with van der Waals surface area (Å²) in [5.74, 6) is -1.80. The van der Waals surface area contributed by atoms with Crippen molar-refractivity contribution in [3.8, 4) is 0 Å². The van der Waals surface area contributed by atoms with E-state index in [9.17, 15) is 14.0 Å². The number of nitrogens with zero attached hydrogens (tertiary/aromatic N) is 1. The highest BCUT2D eigenvalue weighted by Crippen LogP contribution is 2.12. The van der Waals surface area contributed by atoms with Gasteiger partial charge in [-0.1, -0.05) is 12.1 Å². The van der Waals surface area contributed by atoms with Crippen LogP contribution in [-0.4, -0.2) is 16.8 Å². The van der Waals surface area contributed by atoms with Crippen LogP contribution in [0.5, 0.6) is 0 Å². The number of amides is 2. The summed E-state index contributed by atoms with van der Waals surface area (Å²) in [6.07, 6.45) is 3.22. The molecule has 1 aromatic heterocycles. The third-order valence-corrected chi connectivity index (χ3v) is 3.13. The lowest BCUT2D eigenvalue weighted by Gasteiger charge is -2.14. The second-order valence-corrected chi connectivity index (χ2v) is 4.78. The van der Waals surface area contributed by atoms with Gasteiger partial charge in [0.05, 0.1) is 6.04 Å². The van der Waals surface area contributed by atoms with Crippen LogP contribution < -0.4 is 10.6 Å². The van der Waals surface area contributed by atoms with Gasteiger partial charge < -0.3 is 10.6 Å². The highest BCUT2D eigenvalue weighted by Gasteiger charge is 2.16. The van der Waals surface area contributed by atoms with E-state index in [0.29, 0.717) is 0 Å². The van der Waals surface area contributed by atoms with Gasteiger partial charge in [0.1, 0.15) is 5.82 Å². The maximum absolute atomic E-state index is 12.8. The van der Waals surface area contributed by atoms with Crippen molar-refractivity contribution >= 4 is 11.8 Å². The molecule has 114 valence electrons. The molecule has 1 unspecified atom stereocenters. The van der Waals surface area contributed by atoms with Crippen LogP contribution in [0.15, 0.2) is 48.8 Å². The first kappa shape index (κ1) is 15.6. The third-order valence-electron chi connectivity index (χ3n) is 3.13. The number of pyridine rings is 1. The molecule has 6 heteroatoms. The largest absolute Gasteiger partial charge is 0.344 e. The van der Waals surface area contributed by atoms with Crippen molar-refractivity contribution in [2.24, 2.45) is 0 Å². The molecule has 0 aliphatic carbocycles. The van der Waals surface area contributed by atoms with Crippen LogP contribution in [0.4, 0.5) is 4.39 Å². The van der Waals surface area contributed by atoms with E-state index in [-0.39, 0.29) is 18.4 Å². The van der Waals surface area contributed by atoms with E-state index >= 15 is 0 Å². The Hall–Kier alpha value is -2.76. The Morgan fingerprint density at radius 2 is 1.73 bits per heavy atom. The number of nitrogens with one attached hydrogen (secondary N) is 2. The first-order valence-corrected chi connectivity index (χ1v) is 6.79. The fraction of sp³-hybridized carbons (Fsp3) is 0.188. The molecule has 2 amide bonds. The molecule has 2 rings (SSSR count). The van der Waals surface area contributed by atoms with Crippen molar-refractivity contribution in [3.05, 3.63) is 65.7 Å². The zero-order chi connectivity index (χ0) is 15.9. The smallest absolute Gasteiger partial charge is 0.309 e. The molecule has 0 aliphatic heterocycles. The number of aromatic nitrogens is 1. The van der Waals surface area contributed by atoms with Gasteiger partial charge in [-0.25, -0.2) is 4.39 Å². The van der Waals surface area contributed by atoms with E-state index in [4.69, 9.17) is 0 Å². The van der Waals surface area contributed by atoms with Gasteiger partial charge >= 0.3 is 11.8 Å². The summed E-state index contributed by atoms with van der Waals surface area (Å²) in [4.78, 5) is 27.4. The van der Waals surface area contributed by atoms with Gasteiger partial charge in [0.2, 0.25) is 0 Å². The monoisotopic (exact) mass is 301 g/mol. The Morgan fingerprint density at radius 3 is 2.36 bits per heavy atom. The SMILES string of the molecule is CC(NC(=O)C(=O)NCc1ccncc1)c1ccc(F)cc1. The van der Waals surface area contributed by atoms with Crippen molar-refractivity contribution in [2.75, 3.05) is 0 Å². The molecule has 22 heavy (non-hydrogen) atoms. The van der Waals surface area contributed by atoms with Crippen molar-refractivity contribution in [2.45, 2.75) is 19.5 Å². The topological polar surface area (TPSA) is 71.1 Å². The Kier molecular flexibility index (Phi) is 5.19. The standard InChI is InChI=1S/C16H16FN3O2/c1-11(13-2-4-14(17)5-3-13)20-16(22)15(21)19-10-12-6-8-18-9-7-12/h2-9,11H,10H2,1H3,(H,19,21)(H,20,22). The van der Waals surface area contributed by atoms with Crippen LogP contribution in [0.1, 0.15) is 24.1 Å². The van der Waals surface area contributed by atoms with E-state index in [1.807, 2.05) is 0 Å². The van der Waals surface area contributed by atoms with Crippen molar-refractivity contribution in [1.29, 1.82) is 0 Å². The Labute approximate surface area is 127 Å². The number of halogens is 1. The molecule has 2 N–H and O–H groups in total. The molecule has 0 saturated heterocycles. The van der Waals surface area contributed by atoms with Crippen molar-refractivity contribution in [3.63, 3.8) is 0 Å². The highest BCUT2D eigenvalue weighted by atomic mass is 19.1. The van der Waals surface area contributed by atoms with E-state index in [2.05, 4.69) is 15.6 Å². The van der Waals surface area contributed by atoms with Crippen LogP contribution in [0, 0.1) is 5.82 Å². The highest BCUT2D eigenvalue weighted by molar-refractivity contribution is 6.35. The number of rotatable bonds is 4. The van der Waals surface area contributed by atoms with E-state index in [0.717, 1.165) is 11.1 Å². The number of carbonyl (C=O) groups excluding carboxylic acids is 2. The molecule has 0 saturated carbocycles. The lowest BCUT2D eigenvalue weighted by atomic mass is 10.1. The second-order valence-electron chi connectivity index (χ2n) is 4.78. The van der Waals surface area contributed by atoms with Crippen LogP contribution in [0.25, 0.3) is 0 Å². The lowest BCUT2D eigenvalue weighted by molar-refractivity contribution is -0.139. The molecule has 0 spiro atoms. The first-order valence-electron chi connectivity index (χ1n) is 6.79. The van der Waals surface area contributed by atoms with Gasteiger partial charge in [-0.15, -0.1) is 0 Å². The molecule has 2 aromatic rings. The molecule has 0 fully saturated rings. The zero-order valence-corrected chi connectivity index (χ0v) is 12.0. The summed E-state index contributed by atoms with van der Waals surface area (Å²) in [6.45, 7) is 1.97.